The maximum Gasteiger partial charge on any atom is 0.472 e. The molecule has 0 saturated heterocycles. The fourth-order valence-corrected chi connectivity index (χ4v) is 12.6. The Morgan fingerprint density at radius 2 is 0.522 bits per heavy atom. The van der Waals surface area contributed by atoms with Gasteiger partial charge in [-0.15, -0.1) is 0 Å². The highest BCUT2D eigenvalue weighted by molar-refractivity contribution is 7.47. The average Bonchev–Trinajstić information content (AvgIpc) is 2.47. The van der Waals surface area contributed by atoms with Crippen molar-refractivity contribution in [3.8, 4) is 0 Å². The van der Waals surface area contributed by atoms with Crippen LogP contribution in [0.4, 0.5) is 0 Å². The molecule has 0 amide bonds. The standard InChI is InChI=1S/C73H142O17P2/c1-9-66(8)52-44-36-31-32-40-48-56-73(78)90-69(60-83-70(75)53-45-37-28-22-19-18-21-26-34-42-50-64(4)5)62-88-92(81,82)86-58-67(74)57-85-91(79,80)87-61-68(59-84-71(76)54-46-38-30-24-27-35-43-51-65(6)7)89-72(77)55-47-39-29-23-17-15-13-11-10-12-14-16-20-25-33-41-49-63(2)3/h63-69,74H,9-62H2,1-8H3,(H,79,80)(H,81,82)/t66?,67?,68-,69-/m1/s1. The second-order valence-electron chi connectivity index (χ2n) is 28.0. The molecule has 0 heterocycles. The summed E-state index contributed by atoms with van der Waals surface area (Å²) in [5, 5.41) is 10.6. The van der Waals surface area contributed by atoms with Crippen LogP contribution in [0.25, 0.3) is 0 Å². The zero-order valence-corrected chi connectivity index (χ0v) is 62.0. The summed E-state index contributed by atoms with van der Waals surface area (Å²) in [7, 11) is -9.91. The van der Waals surface area contributed by atoms with Crippen LogP contribution >= 0.6 is 15.6 Å². The topological polar surface area (TPSA) is 237 Å². The van der Waals surface area contributed by atoms with Crippen molar-refractivity contribution in [1.82, 2.24) is 0 Å². The van der Waals surface area contributed by atoms with Crippen LogP contribution in [-0.2, 0) is 65.4 Å². The molecule has 3 N–H and O–H groups in total. The predicted molar refractivity (Wildman–Crippen MR) is 372 cm³/mol. The van der Waals surface area contributed by atoms with Crippen molar-refractivity contribution in [2.24, 2.45) is 23.7 Å². The van der Waals surface area contributed by atoms with E-state index in [0.717, 1.165) is 114 Å². The molecule has 0 fully saturated rings. The normalized spacial score (nSPS) is 14.5. The Labute approximate surface area is 562 Å². The van der Waals surface area contributed by atoms with Crippen LogP contribution in [0, 0.1) is 23.7 Å². The number of carbonyl (C=O) groups is 4. The lowest BCUT2D eigenvalue weighted by atomic mass is 10.00. The number of phosphoric ester groups is 2. The van der Waals surface area contributed by atoms with Crippen molar-refractivity contribution in [2.75, 3.05) is 39.6 Å². The van der Waals surface area contributed by atoms with E-state index in [9.17, 15) is 43.2 Å². The number of ether oxygens (including phenoxy) is 4. The highest BCUT2D eigenvalue weighted by Gasteiger charge is 2.30. The average molecular weight is 1350 g/mol. The molecular formula is C73H142O17P2. The van der Waals surface area contributed by atoms with E-state index in [1.807, 2.05) is 0 Å². The van der Waals surface area contributed by atoms with Gasteiger partial charge in [-0.05, 0) is 49.4 Å². The first kappa shape index (κ1) is 90.1. The number of esters is 4. The molecule has 0 bridgehead atoms. The first-order valence-corrected chi connectivity index (χ1v) is 40.7. The van der Waals surface area contributed by atoms with Crippen molar-refractivity contribution < 1.29 is 80.2 Å². The number of aliphatic hydroxyl groups is 1. The van der Waals surface area contributed by atoms with E-state index in [0.29, 0.717) is 31.6 Å². The van der Waals surface area contributed by atoms with E-state index in [2.05, 4.69) is 55.4 Å². The fraction of sp³-hybridized carbons (Fsp3) is 0.945. The van der Waals surface area contributed by atoms with Gasteiger partial charge in [0.05, 0.1) is 26.4 Å². The van der Waals surface area contributed by atoms with Gasteiger partial charge in [0.15, 0.2) is 12.2 Å². The van der Waals surface area contributed by atoms with Crippen molar-refractivity contribution in [3.63, 3.8) is 0 Å². The molecule has 0 aliphatic rings. The van der Waals surface area contributed by atoms with Crippen LogP contribution in [0.2, 0.25) is 0 Å². The van der Waals surface area contributed by atoms with E-state index in [1.165, 1.54) is 161 Å². The Bertz CT molecular complexity index is 1820. The number of aliphatic hydroxyl groups excluding tert-OH is 1. The second kappa shape index (κ2) is 62.6. The van der Waals surface area contributed by atoms with Crippen LogP contribution in [0.1, 0.15) is 364 Å². The molecule has 0 aromatic rings. The van der Waals surface area contributed by atoms with Gasteiger partial charge >= 0.3 is 39.5 Å². The molecule has 0 rings (SSSR count). The lowest BCUT2D eigenvalue weighted by Crippen LogP contribution is -2.30. The van der Waals surface area contributed by atoms with Gasteiger partial charge in [-0.3, -0.25) is 37.3 Å². The van der Waals surface area contributed by atoms with E-state index in [1.54, 1.807) is 0 Å². The molecule has 19 heteroatoms. The van der Waals surface area contributed by atoms with E-state index >= 15 is 0 Å². The maximum atomic E-state index is 13.0. The summed E-state index contributed by atoms with van der Waals surface area (Å²) < 4.78 is 68.4. The monoisotopic (exact) mass is 1350 g/mol. The third kappa shape index (κ3) is 65.4. The summed E-state index contributed by atoms with van der Waals surface area (Å²) >= 11 is 0. The molecular weight excluding hydrogens is 1210 g/mol. The molecule has 0 spiro atoms. The summed E-state index contributed by atoms with van der Waals surface area (Å²) in [5.41, 5.74) is 0. The molecule has 17 nitrogen and oxygen atoms in total. The summed E-state index contributed by atoms with van der Waals surface area (Å²) in [5.74, 6) is 0.864. The molecule has 6 atom stereocenters. The third-order valence-corrected chi connectivity index (χ3v) is 19.1. The van der Waals surface area contributed by atoms with E-state index in [4.69, 9.17) is 37.0 Å². The van der Waals surface area contributed by atoms with Crippen molar-refractivity contribution in [1.29, 1.82) is 0 Å². The Hall–Kier alpha value is -1.94. The number of hydrogen-bond donors (Lipinski definition) is 3. The Morgan fingerprint density at radius 1 is 0.304 bits per heavy atom. The number of phosphoric acid groups is 2. The molecule has 4 unspecified atom stereocenters. The van der Waals surface area contributed by atoms with Gasteiger partial charge < -0.3 is 33.8 Å². The van der Waals surface area contributed by atoms with E-state index < -0.39 is 97.5 Å². The lowest BCUT2D eigenvalue weighted by Gasteiger charge is -2.21. The predicted octanol–water partition coefficient (Wildman–Crippen LogP) is 20.9. The van der Waals surface area contributed by atoms with E-state index in [-0.39, 0.29) is 25.7 Å². The summed E-state index contributed by atoms with van der Waals surface area (Å²) in [6.07, 6.45) is 46.0. The summed E-state index contributed by atoms with van der Waals surface area (Å²) in [6, 6.07) is 0. The van der Waals surface area contributed by atoms with Gasteiger partial charge in [-0.1, -0.05) is 312 Å². The van der Waals surface area contributed by atoms with Crippen molar-refractivity contribution in [3.05, 3.63) is 0 Å². The molecule has 0 aliphatic carbocycles. The minimum absolute atomic E-state index is 0.102. The highest BCUT2D eigenvalue weighted by Crippen LogP contribution is 2.45. The zero-order chi connectivity index (χ0) is 68.2. The number of rotatable bonds is 70. The van der Waals surface area contributed by atoms with Gasteiger partial charge in [0.2, 0.25) is 0 Å². The first-order chi connectivity index (χ1) is 44.1. The van der Waals surface area contributed by atoms with Gasteiger partial charge in [-0.2, -0.15) is 0 Å². The van der Waals surface area contributed by atoms with Crippen LogP contribution < -0.4 is 0 Å². The number of carbonyl (C=O) groups excluding carboxylic acids is 4. The van der Waals surface area contributed by atoms with Gasteiger partial charge in [0.1, 0.15) is 19.3 Å². The van der Waals surface area contributed by atoms with Crippen LogP contribution in [-0.4, -0.2) is 96.7 Å². The largest absolute Gasteiger partial charge is 0.472 e. The quantitative estimate of drug-likeness (QED) is 0.0222. The molecule has 546 valence electrons. The molecule has 0 aromatic heterocycles. The Morgan fingerprint density at radius 3 is 0.772 bits per heavy atom. The third-order valence-electron chi connectivity index (χ3n) is 17.2. The van der Waals surface area contributed by atoms with Crippen LogP contribution in [0.15, 0.2) is 0 Å². The first-order valence-electron chi connectivity index (χ1n) is 37.7. The van der Waals surface area contributed by atoms with Gasteiger partial charge in [-0.25, -0.2) is 9.13 Å². The molecule has 0 saturated carbocycles. The zero-order valence-electron chi connectivity index (χ0n) is 60.2. The maximum absolute atomic E-state index is 13.0. The second-order valence-corrected chi connectivity index (χ2v) is 30.9. The summed E-state index contributed by atoms with van der Waals surface area (Å²) in [6.45, 7) is 14.1. The molecule has 0 radical (unpaired) electrons. The fourth-order valence-electron chi connectivity index (χ4n) is 11.0. The minimum atomic E-state index is -4.95. The molecule has 0 aliphatic heterocycles. The Balaban J connectivity index is 5.20. The lowest BCUT2D eigenvalue weighted by molar-refractivity contribution is -0.161. The highest BCUT2D eigenvalue weighted by atomic mass is 31.2. The van der Waals surface area contributed by atoms with Crippen molar-refractivity contribution >= 4 is 39.5 Å². The van der Waals surface area contributed by atoms with Gasteiger partial charge in [0.25, 0.3) is 0 Å². The Kier molecular flexibility index (Phi) is 61.3. The molecule has 92 heavy (non-hydrogen) atoms. The number of unbranched alkanes of at least 4 members (excludes halogenated alkanes) is 35. The smallest absolute Gasteiger partial charge is 0.462 e. The van der Waals surface area contributed by atoms with Crippen LogP contribution in [0.5, 0.6) is 0 Å². The SMILES string of the molecule is CCC(C)CCCCCCCCC(=O)O[C@H](COC(=O)CCCCCCCCCCCCC(C)C)COP(=O)(O)OCC(O)COP(=O)(O)OC[C@@H](COC(=O)CCCCCCCCCC(C)C)OC(=O)CCCCCCCCCCCCCCCCCCC(C)C. The molecule has 0 aromatic carbocycles. The van der Waals surface area contributed by atoms with Gasteiger partial charge in [0, 0.05) is 25.7 Å². The van der Waals surface area contributed by atoms with Crippen molar-refractivity contribution in [2.45, 2.75) is 382 Å². The number of hydrogen-bond acceptors (Lipinski definition) is 15. The minimum Gasteiger partial charge on any atom is -0.462 e. The van der Waals surface area contributed by atoms with Crippen LogP contribution in [0.3, 0.4) is 0 Å². The summed E-state index contributed by atoms with van der Waals surface area (Å²) in [4.78, 5) is 72.6.